The van der Waals surface area contributed by atoms with E-state index in [2.05, 4.69) is 40.9 Å². The lowest BCUT2D eigenvalue weighted by Gasteiger charge is -2.16. The normalized spacial score (nSPS) is 13.7. The standard InChI is InChI=1S/C20H24ClN3O/c1-14(24-25-2)16-5-3-15(4-6-16)13-23-20-18-10-12-22-11-9-17(18)7-8-19(20)21/h3-8,22-24H,1,9-13H2,2H3. The van der Waals surface area contributed by atoms with Gasteiger partial charge < -0.3 is 10.6 Å². The third-order valence-corrected chi connectivity index (χ3v) is 4.79. The molecule has 0 bridgehead atoms. The van der Waals surface area contributed by atoms with Gasteiger partial charge in [-0.2, -0.15) is 0 Å². The van der Waals surface area contributed by atoms with Crippen LogP contribution in [0.1, 0.15) is 22.3 Å². The van der Waals surface area contributed by atoms with Crippen LogP contribution in [0.5, 0.6) is 0 Å². The van der Waals surface area contributed by atoms with E-state index < -0.39 is 0 Å². The van der Waals surface area contributed by atoms with Crippen LogP contribution in [0, 0.1) is 0 Å². The van der Waals surface area contributed by atoms with Crippen molar-refractivity contribution in [3.63, 3.8) is 0 Å². The van der Waals surface area contributed by atoms with Gasteiger partial charge in [0.15, 0.2) is 0 Å². The summed E-state index contributed by atoms with van der Waals surface area (Å²) < 4.78 is 0. The van der Waals surface area contributed by atoms with Gasteiger partial charge in [0.2, 0.25) is 0 Å². The number of rotatable bonds is 6. The average Bonchev–Trinajstić information content (AvgIpc) is 2.87. The maximum Gasteiger partial charge on any atom is 0.0640 e. The molecule has 0 atom stereocenters. The second kappa shape index (κ2) is 8.39. The minimum atomic E-state index is 0.730. The Morgan fingerprint density at radius 2 is 1.92 bits per heavy atom. The lowest BCUT2D eigenvalue weighted by Crippen LogP contribution is -2.16. The fraction of sp³-hybridized carbons (Fsp3) is 0.300. The van der Waals surface area contributed by atoms with Crippen LogP contribution in [0.4, 0.5) is 5.69 Å². The molecule has 0 fully saturated rings. The summed E-state index contributed by atoms with van der Waals surface area (Å²) in [5, 5.41) is 7.77. The Bertz CT molecular complexity index is 743. The van der Waals surface area contributed by atoms with E-state index in [4.69, 9.17) is 16.4 Å². The van der Waals surface area contributed by atoms with Crippen molar-refractivity contribution in [2.75, 3.05) is 25.5 Å². The van der Waals surface area contributed by atoms with Gasteiger partial charge in [0.25, 0.3) is 0 Å². The van der Waals surface area contributed by atoms with E-state index in [1.54, 1.807) is 7.11 Å². The summed E-state index contributed by atoms with van der Waals surface area (Å²) >= 11 is 6.47. The highest BCUT2D eigenvalue weighted by molar-refractivity contribution is 6.33. The van der Waals surface area contributed by atoms with E-state index in [1.165, 1.54) is 16.7 Å². The topological polar surface area (TPSA) is 45.3 Å². The molecule has 1 aliphatic rings. The minimum Gasteiger partial charge on any atom is -0.380 e. The first-order valence-corrected chi connectivity index (χ1v) is 8.89. The van der Waals surface area contributed by atoms with Gasteiger partial charge in [-0.15, -0.1) is 0 Å². The van der Waals surface area contributed by atoms with Crippen molar-refractivity contribution in [1.29, 1.82) is 0 Å². The van der Waals surface area contributed by atoms with Gasteiger partial charge in [0.1, 0.15) is 0 Å². The Kier molecular flexibility index (Phi) is 5.97. The summed E-state index contributed by atoms with van der Waals surface area (Å²) in [5.74, 6) is 0. The molecule has 0 radical (unpaired) electrons. The zero-order valence-electron chi connectivity index (χ0n) is 14.5. The SMILES string of the molecule is C=C(NOC)c1ccc(CNc2c(Cl)ccc3c2CCNCC3)cc1. The molecule has 5 heteroatoms. The lowest BCUT2D eigenvalue weighted by atomic mass is 10.0. The molecule has 0 aromatic heterocycles. The van der Waals surface area contributed by atoms with E-state index in [0.29, 0.717) is 0 Å². The molecule has 1 aliphatic heterocycles. The van der Waals surface area contributed by atoms with Gasteiger partial charge in [-0.05, 0) is 54.3 Å². The van der Waals surface area contributed by atoms with E-state index >= 15 is 0 Å². The van der Waals surface area contributed by atoms with Crippen LogP contribution in [0.25, 0.3) is 5.70 Å². The summed E-state index contributed by atoms with van der Waals surface area (Å²) in [6.45, 7) is 6.68. The van der Waals surface area contributed by atoms with Crippen molar-refractivity contribution in [1.82, 2.24) is 10.8 Å². The van der Waals surface area contributed by atoms with Crippen LogP contribution in [0.2, 0.25) is 5.02 Å². The number of nitrogens with one attached hydrogen (secondary N) is 3. The highest BCUT2D eigenvalue weighted by atomic mass is 35.5. The van der Waals surface area contributed by atoms with E-state index in [-0.39, 0.29) is 0 Å². The first-order chi connectivity index (χ1) is 12.2. The average molecular weight is 358 g/mol. The highest BCUT2D eigenvalue weighted by Crippen LogP contribution is 2.31. The monoisotopic (exact) mass is 357 g/mol. The molecular weight excluding hydrogens is 334 g/mol. The first kappa shape index (κ1) is 17.8. The predicted molar refractivity (Wildman–Crippen MR) is 105 cm³/mol. The molecule has 0 saturated heterocycles. The zero-order valence-corrected chi connectivity index (χ0v) is 15.2. The van der Waals surface area contributed by atoms with Crippen LogP contribution in [-0.4, -0.2) is 20.2 Å². The van der Waals surface area contributed by atoms with Crippen LogP contribution in [0.15, 0.2) is 43.0 Å². The lowest BCUT2D eigenvalue weighted by molar-refractivity contribution is 0.137. The Morgan fingerprint density at radius 3 is 2.68 bits per heavy atom. The second-order valence-electron chi connectivity index (χ2n) is 6.15. The van der Waals surface area contributed by atoms with Crippen molar-refractivity contribution in [3.05, 3.63) is 70.3 Å². The largest absolute Gasteiger partial charge is 0.380 e. The van der Waals surface area contributed by atoms with Crippen LogP contribution >= 0.6 is 11.6 Å². The summed E-state index contributed by atoms with van der Waals surface area (Å²) in [6.07, 6.45) is 2.05. The fourth-order valence-electron chi connectivity index (χ4n) is 3.13. The van der Waals surface area contributed by atoms with Gasteiger partial charge in [0.05, 0.1) is 23.5 Å². The maximum absolute atomic E-state index is 6.47. The van der Waals surface area contributed by atoms with E-state index in [0.717, 1.165) is 54.4 Å². The Morgan fingerprint density at radius 1 is 1.16 bits per heavy atom. The Balaban J connectivity index is 1.72. The molecule has 132 valence electrons. The van der Waals surface area contributed by atoms with E-state index in [9.17, 15) is 0 Å². The summed E-state index contributed by atoms with van der Waals surface area (Å²) in [5.41, 5.74) is 9.48. The number of anilines is 1. The Labute approximate surface area is 154 Å². The van der Waals surface area contributed by atoms with Gasteiger partial charge in [-0.25, -0.2) is 0 Å². The Hall–Kier alpha value is -2.01. The molecule has 3 rings (SSSR count). The number of hydroxylamine groups is 1. The molecule has 0 unspecified atom stereocenters. The minimum absolute atomic E-state index is 0.730. The van der Waals surface area contributed by atoms with Crippen LogP contribution in [-0.2, 0) is 24.2 Å². The molecule has 3 N–H and O–H groups in total. The predicted octanol–water partition coefficient (Wildman–Crippen LogP) is 3.76. The molecule has 1 heterocycles. The van der Waals surface area contributed by atoms with Crippen molar-refractivity contribution in [2.24, 2.45) is 0 Å². The number of hydrogen-bond donors (Lipinski definition) is 3. The first-order valence-electron chi connectivity index (χ1n) is 8.51. The molecule has 4 nitrogen and oxygen atoms in total. The van der Waals surface area contributed by atoms with Gasteiger partial charge >= 0.3 is 0 Å². The molecule has 25 heavy (non-hydrogen) atoms. The van der Waals surface area contributed by atoms with Gasteiger partial charge in [0, 0.05) is 6.54 Å². The molecule has 2 aromatic rings. The maximum atomic E-state index is 6.47. The van der Waals surface area contributed by atoms with Crippen molar-refractivity contribution >= 4 is 23.0 Å². The van der Waals surface area contributed by atoms with Crippen molar-refractivity contribution in [3.8, 4) is 0 Å². The third kappa shape index (κ3) is 4.34. The van der Waals surface area contributed by atoms with Crippen LogP contribution in [0.3, 0.4) is 0 Å². The highest BCUT2D eigenvalue weighted by Gasteiger charge is 2.14. The number of benzene rings is 2. The summed E-state index contributed by atoms with van der Waals surface area (Å²) in [7, 11) is 1.57. The van der Waals surface area contributed by atoms with Crippen LogP contribution < -0.4 is 16.1 Å². The summed E-state index contributed by atoms with van der Waals surface area (Å²) in [6, 6.07) is 12.4. The van der Waals surface area contributed by atoms with E-state index in [1.807, 2.05) is 18.2 Å². The second-order valence-corrected chi connectivity index (χ2v) is 6.55. The third-order valence-electron chi connectivity index (χ3n) is 4.48. The number of fused-ring (bicyclic) bond motifs is 1. The number of halogens is 1. The molecule has 0 spiro atoms. The number of hydrogen-bond acceptors (Lipinski definition) is 4. The molecule has 0 amide bonds. The quantitative estimate of drug-likeness (QED) is 0.689. The van der Waals surface area contributed by atoms with Gasteiger partial charge in [-0.3, -0.25) is 10.3 Å². The molecule has 0 aliphatic carbocycles. The van der Waals surface area contributed by atoms with Crippen molar-refractivity contribution < 1.29 is 4.84 Å². The summed E-state index contributed by atoms with van der Waals surface area (Å²) in [4.78, 5) is 4.89. The fourth-order valence-corrected chi connectivity index (χ4v) is 3.37. The molecule has 2 aromatic carbocycles. The zero-order chi connectivity index (χ0) is 17.6. The smallest absolute Gasteiger partial charge is 0.0640 e. The molecule has 0 saturated carbocycles. The molecular formula is C20H24ClN3O. The van der Waals surface area contributed by atoms with Crippen molar-refractivity contribution in [2.45, 2.75) is 19.4 Å². The van der Waals surface area contributed by atoms with Gasteiger partial charge in [-0.1, -0.05) is 48.5 Å².